The van der Waals surface area contributed by atoms with E-state index < -0.39 is 0 Å². The van der Waals surface area contributed by atoms with Crippen molar-refractivity contribution in [1.82, 2.24) is 4.90 Å². The van der Waals surface area contributed by atoms with Gasteiger partial charge in [-0.3, -0.25) is 4.90 Å². The van der Waals surface area contributed by atoms with E-state index in [1.807, 2.05) is 0 Å². The van der Waals surface area contributed by atoms with E-state index in [0.29, 0.717) is 19.1 Å². The van der Waals surface area contributed by atoms with E-state index in [0.717, 1.165) is 0 Å². The minimum Gasteiger partial charge on any atom is -0.392 e. The first-order valence-corrected chi connectivity index (χ1v) is 5.03. The summed E-state index contributed by atoms with van der Waals surface area (Å²) >= 11 is 0. The van der Waals surface area contributed by atoms with Gasteiger partial charge < -0.3 is 5.11 Å². The van der Waals surface area contributed by atoms with E-state index in [1.165, 1.54) is 25.7 Å². The molecule has 0 radical (unpaired) electrons. The summed E-state index contributed by atoms with van der Waals surface area (Å²) in [5, 5.41) is 17.9. The highest BCUT2D eigenvalue weighted by atomic mass is 16.3. The smallest absolute Gasteiger partial charge is 0.0869 e. The molecule has 1 fully saturated rings. The van der Waals surface area contributed by atoms with Crippen molar-refractivity contribution in [3.8, 4) is 6.07 Å². The van der Waals surface area contributed by atoms with Crippen LogP contribution in [0, 0.1) is 11.3 Å². The van der Waals surface area contributed by atoms with Crippen LogP contribution in [0.1, 0.15) is 32.6 Å². The predicted octanol–water partition coefficient (Wildman–Crippen LogP) is 1.14. The largest absolute Gasteiger partial charge is 0.392 e. The summed E-state index contributed by atoms with van der Waals surface area (Å²) in [7, 11) is 0. The van der Waals surface area contributed by atoms with Crippen LogP contribution < -0.4 is 0 Å². The zero-order chi connectivity index (χ0) is 9.68. The molecule has 1 rings (SSSR count). The minimum absolute atomic E-state index is 0.325. The van der Waals surface area contributed by atoms with Crippen molar-refractivity contribution in [2.75, 3.05) is 13.1 Å². The minimum atomic E-state index is -0.325. The second-order valence-electron chi connectivity index (χ2n) is 3.87. The SMILES string of the molecule is CC(O)CN(CC#N)C1CCCC1. The fraction of sp³-hybridized carbons (Fsp3) is 0.900. The van der Waals surface area contributed by atoms with Crippen molar-refractivity contribution in [2.24, 2.45) is 0 Å². The van der Waals surface area contributed by atoms with E-state index >= 15 is 0 Å². The first kappa shape index (κ1) is 10.5. The van der Waals surface area contributed by atoms with Gasteiger partial charge in [-0.2, -0.15) is 5.26 Å². The van der Waals surface area contributed by atoms with Crippen LogP contribution in [0.4, 0.5) is 0 Å². The van der Waals surface area contributed by atoms with Crippen LogP contribution in [-0.2, 0) is 0 Å². The first-order valence-electron chi connectivity index (χ1n) is 5.03. The molecule has 1 N–H and O–H groups in total. The summed E-state index contributed by atoms with van der Waals surface area (Å²) in [4.78, 5) is 2.11. The first-order chi connectivity index (χ1) is 6.24. The van der Waals surface area contributed by atoms with Gasteiger partial charge in [0.15, 0.2) is 0 Å². The summed E-state index contributed by atoms with van der Waals surface area (Å²) < 4.78 is 0. The van der Waals surface area contributed by atoms with E-state index in [9.17, 15) is 5.11 Å². The molecule has 3 nitrogen and oxygen atoms in total. The van der Waals surface area contributed by atoms with Gasteiger partial charge >= 0.3 is 0 Å². The van der Waals surface area contributed by atoms with Gasteiger partial charge in [0.1, 0.15) is 0 Å². The van der Waals surface area contributed by atoms with Gasteiger partial charge in [0.2, 0.25) is 0 Å². The third kappa shape index (κ3) is 3.33. The standard InChI is InChI=1S/C10H18N2O/c1-9(13)8-12(7-6-11)10-4-2-3-5-10/h9-10,13H,2-5,7-8H2,1H3. The molecule has 0 aromatic rings. The van der Waals surface area contributed by atoms with Gasteiger partial charge in [0.05, 0.1) is 18.7 Å². The highest BCUT2D eigenvalue weighted by molar-refractivity contribution is 4.85. The van der Waals surface area contributed by atoms with Crippen molar-refractivity contribution in [3.63, 3.8) is 0 Å². The lowest BCUT2D eigenvalue weighted by molar-refractivity contribution is 0.109. The third-order valence-electron chi connectivity index (χ3n) is 2.61. The molecule has 1 aliphatic rings. The lowest BCUT2D eigenvalue weighted by Gasteiger charge is -2.27. The van der Waals surface area contributed by atoms with Crippen LogP contribution in [0.15, 0.2) is 0 Å². The molecule has 74 valence electrons. The molecular formula is C10H18N2O. The molecule has 1 saturated carbocycles. The number of nitrogens with zero attached hydrogens (tertiary/aromatic N) is 2. The monoisotopic (exact) mass is 182 g/mol. The molecule has 3 heteroatoms. The quantitative estimate of drug-likeness (QED) is 0.663. The van der Waals surface area contributed by atoms with Gasteiger partial charge in [-0.25, -0.2) is 0 Å². The zero-order valence-corrected chi connectivity index (χ0v) is 8.24. The molecule has 1 atom stereocenters. The third-order valence-corrected chi connectivity index (χ3v) is 2.61. The molecule has 0 amide bonds. The molecule has 1 aliphatic carbocycles. The Kier molecular flexibility index (Phi) is 4.20. The topological polar surface area (TPSA) is 47.3 Å². The molecule has 0 saturated heterocycles. The van der Waals surface area contributed by atoms with Crippen LogP contribution in [-0.4, -0.2) is 35.2 Å². The van der Waals surface area contributed by atoms with E-state index in [1.54, 1.807) is 6.92 Å². The van der Waals surface area contributed by atoms with Crippen molar-refractivity contribution >= 4 is 0 Å². The van der Waals surface area contributed by atoms with E-state index in [2.05, 4.69) is 11.0 Å². The summed E-state index contributed by atoms with van der Waals surface area (Å²) in [5.74, 6) is 0. The number of hydrogen-bond donors (Lipinski definition) is 1. The summed E-state index contributed by atoms with van der Waals surface area (Å²) in [6.45, 7) is 2.87. The van der Waals surface area contributed by atoms with Crippen molar-refractivity contribution in [3.05, 3.63) is 0 Å². The highest BCUT2D eigenvalue weighted by Crippen LogP contribution is 2.23. The molecule has 0 heterocycles. The maximum absolute atomic E-state index is 9.26. The second-order valence-corrected chi connectivity index (χ2v) is 3.87. The zero-order valence-electron chi connectivity index (χ0n) is 8.24. The Hall–Kier alpha value is -0.590. The highest BCUT2D eigenvalue weighted by Gasteiger charge is 2.22. The van der Waals surface area contributed by atoms with Crippen LogP contribution in [0.2, 0.25) is 0 Å². The average molecular weight is 182 g/mol. The Morgan fingerprint density at radius 2 is 2.15 bits per heavy atom. The molecule has 0 spiro atoms. The molecular weight excluding hydrogens is 164 g/mol. The van der Waals surface area contributed by atoms with Gasteiger partial charge in [0.25, 0.3) is 0 Å². The Bertz CT molecular complexity index is 180. The molecule has 1 unspecified atom stereocenters. The lowest BCUT2D eigenvalue weighted by Crippen LogP contribution is -2.38. The summed E-state index contributed by atoms with van der Waals surface area (Å²) in [6, 6.07) is 2.70. The van der Waals surface area contributed by atoms with Crippen molar-refractivity contribution in [1.29, 1.82) is 5.26 Å². The second kappa shape index (κ2) is 5.21. The number of rotatable bonds is 4. The summed E-state index contributed by atoms with van der Waals surface area (Å²) in [5.41, 5.74) is 0. The Balaban J connectivity index is 2.41. The van der Waals surface area contributed by atoms with Crippen LogP contribution in [0.5, 0.6) is 0 Å². The molecule has 13 heavy (non-hydrogen) atoms. The van der Waals surface area contributed by atoms with Crippen molar-refractivity contribution < 1.29 is 5.11 Å². The number of aliphatic hydroxyl groups excluding tert-OH is 1. The van der Waals surface area contributed by atoms with Crippen LogP contribution >= 0.6 is 0 Å². The van der Waals surface area contributed by atoms with Gasteiger partial charge in [-0.05, 0) is 19.8 Å². The number of nitriles is 1. The Labute approximate surface area is 80.0 Å². The lowest BCUT2D eigenvalue weighted by atomic mass is 10.2. The molecule has 0 aromatic heterocycles. The normalized spacial score (nSPS) is 20.5. The van der Waals surface area contributed by atoms with Gasteiger partial charge in [-0.15, -0.1) is 0 Å². The number of aliphatic hydroxyl groups is 1. The predicted molar refractivity (Wildman–Crippen MR) is 51.1 cm³/mol. The molecule has 0 aliphatic heterocycles. The van der Waals surface area contributed by atoms with Gasteiger partial charge in [0, 0.05) is 12.6 Å². The maximum atomic E-state index is 9.26. The van der Waals surface area contributed by atoms with Crippen molar-refractivity contribution in [2.45, 2.75) is 44.8 Å². The molecule has 0 aromatic carbocycles. The van der Waals surface area contributed by atoms with Gasteiger partial charge in [-0.1, -0.05) is 12.8 Å². The fourth-order valence-electron chi connectivity index (χ4n) is 2.04. The Morgan fingerprint density at radius 1 is 1.54 bits per heavy atom. The molecule has 0 bridgehead atoms. The summed E-state index contributed by atoms with van der Waals surface area (Å²) in [6.07, 6.45) is 4.59. The maximum Gasteiger partial charge on any atom is 0.0869 e. The average Bonchev–Trinajstić information content (AvgIpc) is 2.54. The fourth-order valence-corrected chi connectivity index (χ4v) is 2.04. The van der Waals surface area contributed by atoms with E-state index in [-0.39, 0.29) is 6.10 Å². The van der Waals surface area contributed by atoms with Crippen LogP contribution in [0.25, 0.3) is 0 Å². The van der Waals surface area contributed by atoms with Crippen LogP contribution in [0.3, 0.4) is 0 Å². The number of hydrogen-bond acceptors (Lipinski definition) is 3. The Morgan fingerprint density at radius 3 is 2.62 bits per heavy atom. The van der Waals surface area contributed by atoms with E-state index in [4.69, 9.17) is 5.26 Å².